The van der Waals surface area contributed by atoms with Gasteiger partial charge in [0.25, 0.3) is 5.91 Å². The van der Waals surface area contributed by atoms with Crippen molar-refractivity contribution in [1.82, 2.24) is 30.2 Å². The minimum Gasteiger partial charge on any atom is -0.352 e. The van der Waals surface area contributed by atoms with Gasteiger partial charge >= 0.3 is 0 Å². The molecule has 0 saturated carbocycles. The molecule has 34 heavy (non-hydrogen) atoms. The van der Waals surface area contributed by atoms with Crippen LogP contribution >= 0.6 is 0 Å². The molecule has 3 heterocycles. The maximum Gasteiger partial charge on any atom is 0.251 e. The number of hydrogen-bond donors (Lipinski definition) is 4. The minimum atomic E-state index is -0.208. The van der Waals surface area contributed by atoms with Crippen LogP contribution in [0.5, 0.6) is 0 Å². The maximum atomic E-state index is 12.7. The number of benzene rings is 2. The molecule has 0 aliphatic rings. The van der Waals surface area contributed by atoms with Crippen LogP contribution in [0, 0.1) is 5.92 Å². The van der Waals surface area contributed by atoms with Gasteiger partial charge < -0.3 is 15.3 Å². The number of hydrogen-bond acceptors (Lipinski definition) is 5. The molecule has 3 aromatic heterocycles. The molecule has 170 valence electrons. The zero-order chi connectivity index (χ0) is 23.5. The van der Waals surface area contributed by atoms with E-state index in [0.717, 1.165) is 27.5 Å². The predicted molar refractivity (Wildman–Crippen MR) is 130 cm³/mol. The minimum absolute atomic E-state index is 0.0413. The van der Waals surface area contributed by atoms with Crippen LogP contribution in [0.25, 0.3) is 33.3 Å². The largest absolute Gasteiger partial charge is 0.352 e. The van der Waals surface area contributed by atoms with Gasteiger partial charge in [-0.25, -0.2) is 9.97 Å². The molecule has 2 aromatic carbocycles. The number of nitrogens with zero attached hydrogens (tertiary/aromatic N) is 3. The van der Waals surface area contributed by atoms with Crippen molar-refractivity contribution in [3.63, 3.8) is 0 Å². The summed E-state index contributed by atoms with van der Waals surface area (Å²) in [5.74, 6) is 0.646. The number of rotatable bonds is 7. The first-order valence-corrected chi connectivity index (χ1v) is 11.0. The Labute approximate surface area is 195 Å². The molecule has 0 radical (unpaired) electrons. The lowest BCUT2D eigenvalue weighted by atomic mass is 10.1. The predicted octanol–water partition coefficient (Wildman–Crippen LogP) is 3.90. The third kappa shape index (κ3) is 4.63. The third-order valence-corrected chi connectivity index (χ3v) is 5.52. The summed E-state index contributed by atoms with van der Waals surface area (Å²) in [4.78, 5) is 44.0. The van der Waals surface area contributed by atoms with Crippen molar-refractivity contribution in [2.24, 2.45) is 5.92 Å². The van der Waals surface area contributed by atoms with Gasteiger partial charge in [-0.2, -0.15) is 0 Å². The first-order valence-electron chi connectivity index (χ1n) is 11.0. The molecule has 5 rings (SSSR count). The summed E-state index contributed by atoms with van der Waals surface area (Å²) in [5, 5.41) is 7.73. The summed E-state index contributed by atoms with van der Waals surface area (Å²) in [7, 11) is 0. The average molecular weight is 454 g/mol. The fraction of sp³-hybridized carbons (Fsp3) is 0.160. The van der Waals surface area contributed by atoms with Crippen LogP contribution in [0.1, 0.15) is 23.7 Å². The first kappa shape index (κ1) is 21.3. The number of anilines is 1. The van der Waals surface area contributed by atoms with E-state index in [1.54, 1.807) is 24.5 Å². The Morgan fingerprint density at radius 2 is 1.91 bits per heavy atom. The molecule has 0 aliphatic heterocycles. The maximum absolute atomic E-state index is 12.7. The topological polar surface area (TPSA) is 128 Å². The molecule has 9 nitrogen and oxygen atoms in total. The number of nitrogens with one attached hydrogen (secondary N) is 4. The van der Waals surface area contributed by atoms with E-state index < -0.39 is 0 Å². The van der Waals surface area contributed by atoms with Crippen molar-refractivity contribution in [2.75, 3.05) is 11.9 Å². The molecular formula is C25H23N7O2. The van der Waals surface area contributed by atoms with E-state index in [1.807, 2.05) is 49.5 Å². The van der Waals surface area contributed by atoms with E-state index >= 15 is 0 Å². The second-order valence-corrected chi connectivity index (χ2v) is 8.24. The number of aromatic nitrogens is 5. The lowest BCUT2D eigenvalue weighted by Gasteiger charge is -2.12. The number of aromatic amines is 2. The van der Waals surface area contributed by atoms with E-state index in [4.69, 9.17) is 0 Å². The average Bonchev–Trinajstić information content (AvgIpc) is 3.51. The summed E-state index contributed by atoms with van der Waals surface area (Å²) in [6.07, 6.45) is 5.30. The SMILES string of the molecule is CC(CNC(=O)c1ccc2nc(-c3cc4ccccc4cn3)[nH]c2c1)CC(=O)Nc1ncc[nH]1. The monoisotopic (exact) mass is 453 g/mol. The highest BCUT2D eigenvalue weighted by Gasteiger charge is 2.14. The number of carbonyl (C=O) groups excluding carboxylic acids is 2. The fourth-order valence-electron chi connectivity index (χ4n) is 3.76. The van der Waals surface area contributed by atoms with Crippen molar-refractivity contribution in [2.45, 2.75) is 13.3 Å². The number of H-pyrrole nitrogens is 2. The van der Waals surface area contributed by atoms with Gasteiger partial charge in [0.2, 0.25) is 11.9 Å². The molecule has 1 atom stereocenters. The van der Waals surface area contributed by atoms with Crippen molar-refractivity contribution in [3.8, 4) is 11.5 Å². The van der Waals surface area contributed by atoms with Crippen molar-refractivity contribution < 1.29 is 9.59 Å². The second kappa shape index (κ2) is 9.14. The Morgan fingerprint density at radius 3 is 2.74 bits per heavy atom. The lowest BCUT2D eigenvalue weighted by molar-refractivity contribution is -0.117. The highest BCUT2D eigenvalue weighted by molar-refractivity contribution is 5.98. The van der Waals surface area contributed by atoms with Crippen LogP contribution in [-0.4, -0.2) is 43.3 Å². The van der Waals surface area contributed by atoms with Gasteiger partial charge in [-0.05, 0) is 35.6 Å². The third-order valence-electron chi connectivity index (χ3n) is 5.52. The Kier molecular flexibility index (Phi) is 5.73. The van der Waals surface area contributed by atoms with Gasteiger partial charge in [0.15, 0.2) is 5.82 Å². The molecule has 0 aliphatic carbocycles. The van der Waals surface area contributed by atoms with Gasteiger partial charge in [0.05, 0.1) is 11.0 Å². The molecule has 0 fully saturated rings. The van der Waals surface area contributed by atoms with E-state index in [2.05, 4.69) is 35.6 Å². The van der Waals surface area contributed by atoms with Crippen molar-refractivity contribution >= 4 is 39.6 Å². The molecule has 0 spiro atoms. The van der Waals surface area contributed by atoms with Crippen LogP contribution in [0.4, 0.5) is 5.95 Å². The zero-order valence-electron chi connectivity index (χ0n) is 18.5. The standard InChI is InChI=1S/C25H23N7O2/c1-15(10-22(33)32-25-26-8-9-27-25)13-29-24(34)17-6-7-19-20(12-17)31-23(30-19)21-11-16-4-2-3-5-18(16)14-28-21/h2-9,11-12,14-15H,10,13H2,1H3,(H,29,34)(H,30,31)(H2,26,27,32,33). The fourth-order valence-corrected chi connectivity index (χ4v) is 3.76. The van der Waals surface area contributed by atoms with Gasteiger partial charge in [0.1, 0.15) is 5.69 Å². The highest BCUT2D eigenvalue weighted by Crippen LogP contribution is 2.23. The van der Waals surface area contributed by atoms with E-state index in [9.17, 15) is 9.59 Å². The van der Waals surface area contributed by atoms with Crippen molar-refractivity contribution in [1.29, 1.82) is 0 Å². The van der Waals surface area contributed by atoms with Crippen LogP contribution in [0.2, 0.25) is 0 Å². The van der Waals surface area contributed by atoms with Crippen LogP contribution in [-0.2, 0) is 4.79 Å². The molecule has 5 aromatic rings. The molecule has 2 amide bonds. The van der Waals surface area contributed by atoms with E-state index in [-0.39, 0.29) is 24.2 Å². The van der Waals surface area contributed by atoms with Crippen molar-refractivity contribution in [3.05, 3.63) is 72.7 Å². The van der Waals surface area contributed by atoms with Gasteiger partial charge in [0, 0.05) is 42.5 Å². The molecular weight excluding hydrogens is 430 g/mol. The number of amides is 2. The van der Waals surface area contributed by atoms with Crippen LogP contribution in [0.15, 0.2) is 67.1 Å². The molecule has 4 N–H and O–H groups in total. The molecule has 0 saturated heterocycles. The Bertz CT molecular complexity index is 1470. The van der Waals surface area contributed by atoms with E-state index in [0.29, 0.717) is 23.9 Å². The number of fused-ring (bicyclic) bond motifs is 2. The van der Waals surface area contributed by atoms with Crippen LogP contribution in [0.3, 0.4) is 0 Å². The second-order valence-electron chi connectivity index (χ2n) is 8.24. The Hall–Kier alpha value is -4.53. The molecule has 1 unspecified atom stereocenters. The quantitative estimate of drug-likeness (QED) is 0.297. The van der Waals surface area contributed by atoms with E-state index in [1.165, 1.54) is 0 Å². The van der Waals surface area contributed by atoms with Gasteiger partial charge in [-0.15, -0.1) is 0 Å². The summed E-state index contributed by atoms with van der Waals surface area (Å²) in [6.45, 7) is 2.28. The zero-order valence-corrected chi connectivity index (χ0v) is 18.5. The number of carbonyl (C=O) groups is 2. The number of imidazole rings is 2. The first-order chi connectivity index (χ1) is 16.5. The normalized spacial score (nSPS) is 12.0. The smallest absolute Gasteiger partial charge is 0.251 e. The summed E-state index contributed by atoms with van der Waals surface area (Å²) in [5.41, 5.74) is 2.76. The summed E-state index contributed by atoms with van der Waals surface area (Å²) < 4.78 is 0. The summed E-state index contributed by atoms with van der Waals surface area (Å²) in [6, 6.07) is 15.3. The van der Waals surface area contributed by atoms with Crippen LogP contribution < -0.4 is 10.6 Å². The highest BCUT2D eigenvalue weighted by atomic mass is 16.2. The molecule has 9 heteroatoms. The molecule has 0 bridgehead atoms. The van der Waals surface area contributed by atoms with Gasteiger partial charge in [-0.1, -0.05) is 31.2 Å². The lowest BCUT2D eigenvalue weighted by Crippen LogP contribution is -2.30. The number of pyridine rings is 1. The van der Waals surface area contributed by atoms with Gasteiger partial charge in [-0.3, -0.25) is 19.9 Å². The Morgan fingerprint density at radius 1 is 1.06 bits per heavy atom. The summed E-state index contributed by atoms with van der Waals surface area (Å²) >= 11 is 0. The Balaban J connectivity index is 1.23.